The van der Waals surface area contributed by atoms with Gasteiger partial charge in [0.25, 0.3) is 0 Å². The Balaban J connectivity index is 2.17. The van der Waals surface area contributed by atoms with E-state index in [-0.39, 0.29) is 0 Å². The number of rotatable bonds is 4. The largest absolute Gasteiger partial charge is 0.344 e. The van der Waals surface area contributed by atoms with Crippen molar-refractivity contribution in [1.29, 1.82) is 0 Å². The van der Waals surface area contributed by atoms with Gasteiger partial charge in [0.05, 0.1) is 17.1 Å². The van der Waals surface area contributed by atoms with Crippen molar-refractivity contribution in [3.63, 3.8) is 0 Å². The van der Waals surface area contributed by atoms with Crippen LogP contribution in [0.15, 0.2) is 12.4 Å². The number of carbonyl (C=O) groups is 1. The standard InChI is InChI=1S/C11H14N4OS/c1-8-9(7-16)17-11(13-8)15(3)6-10-12-4-5-14(10)2/h4-5,7H,6H2,1-3H3. The van der Waals surface area contributed by atoms with E-state index in [1.54, 1.807) is 6.20 Å². The Hall–Kier alpha value is -1.69. The number of thiazole rings is 1. The van der Waals surface area contributed by atoms with Gasteiger partial charge in [0.1, 0.15) is 5.82 Å². The number of hydrogen-bond acceptors (Lipinski definition) is 5. The lowest BCUT2D eigenvalue weighted by Gasteiger charge is -2.14. The maximum Gasteiger partial charge on any atom is 0.186 e. The summed E-state index contributed by atoms with van der Waals surface area (Å²) in [5, 5.41) is 0.840. The van der Waals surface area contributed by atoms with Gasteiger partial charge in [0.2, 0.25) is 0 Å². The minimum Gasteiger partial charge on any atom is -0.344 e. The molecule has 0 amide bonds. The Labute approximate surface area is 104 Å². The second kappa shape index (κ2) is 4.67. The second-order valence-corrected chi connectivity index (χ2v) is 4.88. The van der Waals surface area contributed by atoms with Crippen LogP contribution in [0.1, 0.15) is 21.2 Å². The number of nitrogens with zero attached hydrogens (tertiary/aromatic N) is 4. The summed E-state index contributed by atoms with van der Waals surface area (Å²) < 4.78 is 1.97. The van der Waals surface area contributed by atoms with E-state index in [1.807, 2.05) is 36.7 Å². The first-order chi connectivity index (χ1) is 8.11. The molecule has 0 fully saturated rings. The Bertz CT molecular complexity index is 531. The van der Waals surface area contributed by atoms with E-state index in [0.717, 1.165) is 22.9 Å². The highest BCUT2D eigenvalue weighted by Gasteiger charge is 2.12. The second-order valence-electron chi connectivity index (χ2n) is 3.87. The van der Waals surface area contributed by atoms with Crippen LogP contribution < -0.4 is 4.90 Å². The average Bonchev–Trinajstić information content (AvgIpc) is 2.86. The molecule has 5 nitrogen and oxygen atoms in total. The lowest BCUT2D eigenvalue weighted by molar-refractivity contribution is 0.112. The topological polar surface area (TPSA) is 51.0 Å². The Morgan fingerprint density at radius 1 is 1.59 bits per heavy atom. The molecule has 0 aliphatic heterocycles. The van der Waals surface area contributed by atoms with Crippen molar-refractivity contribution in [3.05, 3.63) is 28.8 Å². The zero-order valence-electron chi connectivity index (χ0n) is 10.0. The van der Waals surface area contributed by atoms with Gasteiger partial charge in [-0.2, -0.15) is 0 Å². The molecule has 0 unspecified atom stereocenters. The summed E-state index contributed by atoms with van der Waals surface area (Å²) in [6.07, 6.45) is 4.53. The molecule has 2 aromatic rings. The molecule has 0 atom stereocenters. The van der Waals surface area contributed by atoms with E-state index < -0.39 is 0 Å². The summed E-state index contributed by atoms with van der Waals surface area (Å²) in [6, 6.07) is 0. The summed E-state index contributed by atoms with van der Waals surface area (Å²) in [5.41, 5.74) is 0.784. The molecule has 0 aliphatic carbocycles. The van der Waals surface area contributed by atoms with E-state index in [0.29, 0.717) is 11.4 Å². The first kappa shape index (κ1) is 11.8. The Morgan fingerprint density at radius 2 is 2.35 bits per heavy atom. The molecular weight excluding hydrogens is 236 g/mol. The summed E-state index contributed by atoms with van der Waals surface area (Å²) in [7, 11) is 3.90. The van der Waals surface area contributed by atoms with E-state index in [2.05, 4.69) is 9.97 Å². The Kier molecular flexibility index (Phi) is 3.23. The fraction of sp³-hybridized carbons (Fsp3) is 0.364. The predicted molar refractivity (Wildman–Crippen MR) is 67.6 cm³/mol. The molecule has 0 aromatic carbocycles. The summed E-state index contributed by atoms with van der Waals surface area (Å²) in [5.74, 6) is 0.966. The van der Waals surface area contributed by atoms with Crippen molar-refractivity contribution in [1.82, 2.24) is 14.5 Å². The van der Waals surface area contributed by atoms with Crippen LogP contribution in [0.4, 0.5) is 5.13 Å². The highest BCUT2D eigenvalue weighted by molar-refractivity contribution is 7.17. The molecule has 0 saturated carbocycles. The molecule has 2 heterocycles. The van der Waals surface area contributed by atoms with Gasteiger partial charge in [0.15, 0.2) is 11.4 Å². The SMILES string of the molecule is Cc1nc(N(C)Cc2nccn2C)sc1C=O. The molecule has 6 heteroatoms. The molecule has 0 N–H and O–H groups in total. The third kappa shape index (κ3) is 2.36. The van der Waals surface area contributed by atoms with Crippen molar-refractivity contribution >= 4 is 22.8 Å². The molecule has 0 saturated heterocycles. The highest BCUT2D eigenvalue weighted by atomic mass is 32.1. The van der Waals surface area contributed by atoms with Gasteiger partial charge >= 0.3 is 0 Å². The number of carbonyl (C=O) groups excluding carboxylic acids is 1. The zero-order valence-corrected chi connectivity index (χ0v) is 10.9. The summed E-state index contributed by atoms with van der Waals surface area (Å²) >= 11 is 1.41. The van der Waals surface area contributed by atoms with Gasteiger partial charge in [-0.15, -0.1) is 0 Å². The number of anilines is 1. The number of imidazole rings is 1. The van der Waals surface area contributed by atoms with Crippen LogP contribution in [-0.2, 0) is 13.6 Å². The molecule has 2 rings (SSSR count). The van der Waals surface area contributed by atoms with Gasteiger partial charge < -0.3 is 9.47 Å². The van der Waals surface area contributed by atoms with Gasteiger partial charge in [-0.1, -0.05) is 11.3 Å². The normalized spacial score (nSPS) is 10.5. The van der Waals surface area contributed by atoms with Crippen LogP contribution in [0.25, 0.3) is 0 Å². The van der Waals surface area contributed by atoms with Crippen molar-refractivity contribution < 1.29 is 4.79 Å². The predicted octanol–water partition coefficient (Wildman–Crippen LogP) is 1.63. The van der Waals surface area contributed by atoms with Crippen molar-refractivity contribution in [3.8, 4) is 0 Å². The van der Waals surface area contributed by atoms with Crippen LogP contribution in [0.2, 0.25) is 0 Å². The first-order valence-corrected chi connectivity index (χ1v) is 6.03. The maximum atomic E-state index is 10.8. The van der Waals surface area contributed by atoms with E-state index in [4.69, 9.17) is 0 Å². The third-order valence-electron chi connectivity index (χ3n) is 2.55. The number of hydrogen-bond donors (Lipinski definition) is 0. The van der Waals surface area contributed by atoms with E-state index >= 15 is 0 Å². The fourth-order valence-electron chi connectivity index (χ4n) is 1.49. The van der Waals surface area contributed by atoms with Crippen LogP contribution in [-0.4, -0.2) is 27.9 Å². The minimum absolute atomic E-state index is 0.675. The highest BCUT2D eigenvalue weighted by Crippen LogP contribution is 2.24. The quantitative estimate of drug-likeness (QED) is 0.774. The maximum absolute atomic E-state index is 10.8. The molecule has 0 radical (unpaired) electrons. The Morgan fingerprint density at radius 3 is 2.88 bits per heavy atom. The fourth-order valence-corrected chi connectivity index (χ4v) is 2.34. The van der Waals surface area contributed by atoms with E-state index in [9.17, 15) is 4.79 Å². The van der Waals surface area contributed by atoms with Crippen molar-refractivity contribution in [2.45, 2.75) is 13.5 Å². The van der Waals surface area contributed by atoms with E-state index in [1.165, 1.54) is 11.3 Å². The monoisotopic (exact) mass is 250 g/mol. The number of aryl methyl sites for hydroxylation is 2. The van der Waals surface area contributed by atoms with Crippen molar-refractivity contribution in [2.24, 2.45) is 7.05 Å². The average molecular weight is 250 g/mol. The zero-order chi connectivity index (χ0) is 12.4. The summed E-state index contributed by atoms with van der Waals surface area (Å²) in [4.78, 5) is 22.1. The smallest absolute Gasteiger partial charge is 0.186 e. The van der Waals surface area contributed by atoms with Gasteiger partial charge in [-0.25, -0.2) is 9.97 Å². The van der Waals surface area contributed by atoms with Crippen molar-refractivity contribution in [2.75, 3.05) is 11.9 Å². The first-order valence-electron chi connectivity index (χ1n) is 5.21. The number of aldehydes is 1. The molecule has 0 aliphatic rings. The van der Waals surface area contributed by atoms with Crippen LogP contribution >= 0.6 is 11.3 Å². The third-order valence-corrected chi connectivity index (χ3v) is 3.75. The summed E-state index contributed by atoms with van der Waals surface area (Å²) in [6.45, 7) is 2.52. The van der Waals surface area contributed by atoms with Crippen LogP contribution in [0.3, 0.4) is 0 Å². The minimum atomic E-state index is 0.675. The number of aromatic nitrogens is 3. The van der Waals surface area contributed by atoms with Gasteiger partial charge in [-0.05, 0) is 6.92 Å². The lowest BCUT2D eigenvalue weighted by Crippen LogP contribution is -2.18. The van der Waals surface area contributed by atoms with Gasteiger partial charge in [-0.3, -0.25) is 4.79 Å². The molecule has 17 heavy (non-hydrogen) atoms. The lowest BCUT2D eigenvalue weighted by atomic mass is 10.4. The van der Waals surface area contributed by atoms with Crippen LogP contribution in [0.5, 0.6) is 0 Å². The molecule has 0 bridgehead atoms. The molecule has 90 valence electrons. The molecule has 2 aromatic heterocycles. The molecular formula is C11H14N4OS. The molecule has 0 spiro atoms. The van der Waals surface area contributed by atoms with Gasteiger partial charge in [0, 0.05) is 26.5 Å². The van der Waals surface area contributed by atoms with Crippen LogP contribution in [0, 0.1) is 6.92 Å².